The normalized spacial score (nSPS) is 20.1. The zero-order valence-corrected chi connectivity index (χ0v) is 17.9. The fourth-order valence-corrected chi connectivity index (χ4v) is 4.00. The molecule has 0 bridgehead atoms. The van der Waals surface area contributed by atoms with Crippen LogP contribution in [0.1, 0.15) is 35.8 Å². The van der Waals surface area contributed by atoms with E-state index in [4.69, 9.17) is 30.5 Å². The molecule has 2 atom stereocenters. The van der Waals surface area contributed by atoms with E-state index < -0.39 is 0 Å². The van der Waals surface area contributed by atoms with Gasteiger partial charge in [-0.2, -0.15) is 5.10 Å². The molecule has 0 radical (unpaired) electrons. The third kappa shape index (κ3) is 5.14. The van der Waals surface area contributed by atoms with Crippen molar-refractivity contribution >= 4 is 17.4 Å². The minimum Gasteiger partial charge on any atom is -0.493 e. The molecular weight excluding hydrogens is 408 g/mol. The second-order valence-electron chi connectivity index (χ2n) is 7.65. The Kier molecular flexibility index (Phi) is 6.92. The molecule has 162 valence electrons. The second-order valence-corrected chi connectivity index (χ2v) is 8.09. The lowest BCUT2D eigenvalue weighted by Crippen LogP contribution is -2.30. The van der Waals surface area contributed by atoms with Crippen molar-refractivity contribution in [2.75, 3.05) is 33.0 Å². The highest BCUT2D eigenvalue weighted by molar-refractivity contribution is 6.30. The van der Waals surface area contributed by atoms with Crippen LogP contribution >= 0.6 is 11.6 Å². The summed E-state index contributed by atoms with van der Waals surface area (Å²) in [5.41, 5.74) is 1.49. The van der Waals surface area contributed by atoms with Gasteiger partial charge in [-0.3, -0.25) is 4.79 Å². The summed E-state index contributed by atoms with van der Waals surface area (Å²) in [6, 6.07) is 7.35. The van der Waals surface area contributed by atoms with Crippen molar-refractivity contribution in [3.8, 4) is 11.6 Å². The predicted molar refractivity (Wildman–Crippen MR) is 112 cm³/mol. The quantitative estimate of drug-likeness (QED) is 0.444. The third-order valence-corrected chi connectivity index (χ3v) is 5.57. The van der Waals surface area contributed by atoms with E-state index in [1.807, 2.05) is 25.1 Å². The summed E-state index contributed by atoms with van der Waals surface area (Å²) >= 11 is 6.09. The molecule has 0 N–H and O–H groups in total. The van der Waals surface area contributed by atoms with Crippen LogP contribution < -0.4 is 9.47 Å². The first-order chi connectivity index (χ1) is 14.6. The number of hydrogen-bond acceptors (Lipinski definition) is 6. The highest BCUT2D eigenvalue weighted by Gasteiger charge is 2.27. The number of carbonyl (C=O) groups excluding carboxylic acids is 1. The minimum absolute atomic E-state index is 0.00379. The summed E-state index contributed by atoms with van der Waals surface area (Å²) < 4.78 is 24.4. The Bertz CT molecular complexity index is 884. The Balaban J connectivity index is 1.30. The first kappa shape index (κ1) is 21.2. The van der Waals surface area contributed by atoms with E-state index in [1.165, 1.54) is 0 Å². The van der Waals surface area contributed by atoms with E-state index in [0.29, 0.717) is 62.6 Å². The average Bonchev–Trinajstić information content (AvgIpc) is 3.17. The van der Waals surface area contributed by atoms with Crippen LogP contribution in [0, 0.1) is 5.92 Å². The van der Waals surface area contributed by atoms with Crippen molar-refractivity contribution < 1.29 is 23.7 Å². The van der Waals surface area contributed by atoms with Crippen LogP contribution in [0.4, 0.5) is 0 Å². The number of nitrogens with zero attached hydrogens (tertiary/aromatic N) is 2. The van der Waals surface area contributed by atoms with Crippen LogP contribution in [-0.2, 0) is 22.4 Å². The Morgan fingerprint density at radius 3 is 3.03 bits per heavy atom. The zero-order chi connectivity index (χ0) is 20.9. The average molecular weight is 435 g/mol. The molecule has 0 fully saturated rings. The largest absolute Gasteiger partial charge is 0.493 e. The minimum atomic E-state index is -0.0354. The number of benzene rings is 1. The lowest BCUT2D eigenvalue weighted by molar-refractivity contribution is 0.000218. The number of hydrogen-bond donors (Lipinski definition) is 0. The second kappa shape index (κ2) is 9.81. The number of ether oxygens (including phenoxy) is 4. The Labute approximate surface area is 181 Å². The molecule has 2 unspecified atom stereocenters. The van der Waals surface area contributed by atoms with Gasteiger partial charge in [0.1, 0.15) is 17.5 Å². The monoisotopic (exact) mass is 434 g/mol. The van der Waals surface area contributed by atoms with Crippen molar-refractivity contribution in [2.45, 2.75) is 38.8 Å². The Hall–Kier alpha value is -2.09. The molecular formula is C22H27ClN2O5. The van der Waals surface area contributed by atoms with E-state index in [1.54, 1.807) is 10.7 Å². The SMILES string of the molecule is CCOCCOCC1CCn2nc(C(=O)CC3COc4ccc(Cl)cc4C3)cc2O1. The molecule has 0 saturated carbocycles. The first-order valence-electron chi connectivity index (χ1n) is 10.5. The molecule has 1 aromatic heterocycles. The molecule has 1 aromatic carbocycles. The van der Waals surface area contributed by atoms with Crippen LogP contribution in [0.2, 0.25) is 5.02 Å². The maximum Gasteiger partial charge on any atom is 0.212 e. The van der Waals surface area contributed by atoms with Gasteiger partial charge in [0, 0.05) is 43.0 Å². The molecule has 2 aromatic rings. The van der Waals surface area contributed by atoms with Gasteiger partial charge in [-0.05, 0) is 37.1 Å². The standard InChI is InChI=1S/C22H27ClN2O5/c1-2-27-7-8-28-14-18-5-6-25-22(30-18)12-19(24-25)20(26)10-15-9-16-11-17(23)3-4-21(16)29-13-15/h3-4,11-12,15,18H,2,5-10,13-14H2,1H3. The van der Waals surface area contributed by atoms with E-state index in [-0.39, 0.29) is 17.8 Å². The van der Waals surface area contributed by atoms with Crippen molar-refractivity contribution in [2.24, 2.45) is 5.92 Å². The fraction of sp³-hybridized carbons (Fsp3) is 0.545. The highest BCUT2D eigenvalue weighted by Crippen LogP contribution is 2.32. The van der Waals surface area contributed by atoms with Gasteiger partial charge < -0.3 is 18.9 Å². The lowest BCUT2D eigenvalue weighted by Gasteiger charge is -2.24. The molecule has 30 heavy (non-hydrogen) atoms. The summed E-state index contributed by atoms with van der Waals surface area (Å²) in [6.07, 6.45) is 1.91. The predicted octanol–water partition coefficient (Wildman–Crippen LogP) is 3.56. The van der Waals surface area contributed by atoms with E-state index in [0.717, 1.165) is 24.2 Å². The molecule has 2 aliphatic heterocycles. The molecule has 0 aliphatic carbocycles. The number of halogens is 1. The first-order valence-corrected chi connectivity index (χ1v) is 10.8. The number of rotatable bonds is 9. The zero-order valence-electron chi connectivity index (χ0n) is 17.1. The van der Waals surface area contributed by atoms with Crippen LogP contribution in [0.25, 0.3) is 0 Å². The number of fused-ring (bicyclic) bond motifs is 2. The lowest BCUT2D eigenvalue weighted by atomic mass is 9.92. The number of aromatic nitrogens is 2. The van der Waals surface area contributed by atoms with Crippen LogP contribution in [0.15, 0.2) is 24.3 Å². The van der Waals surface area contributed by atoms with Crippen molar-refractivity contribution in [1.29, 1.82) is 0 Å². The van der Waals surface area contributed by atoms with E-state index in [2.05, 4.69) is 5.10 Å². The van der Waals surface area contributed by atoms with Crippen molar-refractivity contribution in [1.82, 2.24) is 9.78 Å². The van der Waals surface area contributed by atoms with Gasteiger partial charge in [-0.25, -0.2) is 4.68 Å². The molecule has 3 heterocycles. The summed E-state index contributed by atoms with van der Waals surface area (Å²) in [5, 5.41) is 5.13. The number of carbonyl (C=O) groups is 1. The third-order valence-electron chi connectivity index (χ3n) is 5.34. The van der Waals surface area contributed by atoms with Crippen LogP contribution in [0.5, 0.6) is 11.6 Å². The smallest absolute Gasteiger partial charge is 0.212 e. The van der Waals surface area contributed by atoms with Crippen molar-refractivity contribution in [3.63, 3.8) is 0 Å². The molecule has 2 aliphatic rings. The number of ketones is 1. The molecule has 8 heteroatoms. The molecule has 0 amide bonds. The van der Waals surface area contributed by atoms with Gasteiger partial charge in [0.05, 0.1) is 26.4 Å². The summed E-state index contributed by atoms with van der Waals surface area (Å²) in [4.78, 5) is 12.8. The van der Waals surface area contributed by atoms with Gasteiger partial charge in [-0.15, -0.1) is 0 Å². The summed E-state index contributed by atoms with van der Waals surface area (Å²) in [5.74, 6) is 1.59. The molecule has 7 nitrogen and oxygen atoms in total. The van der Waals surface area contributed by atoms with Crippen LogP contribution in [0.3, 0.4) is 0 Å². The number of Topliss-reactive ketones (excluding diaryl/α,β-unsaturated/α-hetero) is 1. The topological polar surface area (TPSA) is 71.8 Å². The van der Waals surface area contributed by atoms with Gasteiger partial charge in [0.25, 0.3) is 0 Å². The van der Waals surface area contributed by atoms with Gasteiger partial charge in [0.2, 0.25) is 5.88 Å². The molecule has 0 saturated heterocycles. The Morgan fingerprint density at radius 2 is 2.17 bits per heavy atom. The maximum absolute atomic E-state index is 12.8. The Morgan fingerprint density at radius 1 is 1.30 bits per heavy atom. The summed E-state index contributed by atoms with van der Waals surface area (Å²) in [7, 11) is 0. The molecule has 4 rings (SSSR count). The van der Waals surface area contributed by atoms with Gasteiger partial charge >= 0.3 is 0 Å². The van der Waals surface area contributed by atoms with E-state index in [9.17, 15) is 4.79 Å². The summed E-state index contributed by atoms with van der Waals surface area (Å²) in [6.45, 7) is 5.51. The maximum atomic E-state index is 12.8. The molecule has 0 spiro atoms. The van der Waals surface area contributed by atoms with E-state index >= 15 is 0 Å². The van der Waals surface area contributed by atoms with Crippen molar-refractivity contribution in [3.05, 3.63) is 40.5 Å². The number of aryl methyl sites for hydroxylation is 1. The van der Waals surface area contributed by atoms with Gasteiger partial charge in [0.15, 0.2) is 5.78 Å². The highest BCUT2D eigenvalue weighted by atomic mass is 35.5. The fourth-order valence-electron chi connectivity index (χ4n) is 3.81. The van der Waals surface area contributed by atoms with Gasteiger partial charge in [-0.1, -0.05) is 11.6 Å². The van der Waals surface area contributed by atoms with Crippen LogP contribution in [-0.4, -0.2) is 54.7 Å².